The van der Waals surface area contributed by atoms with Gasteiger partial charge in [-0.25, -0.2) is 4.39 Å². The van der Waals surface area contributed by atoms with Crippen molar-refractivity contribution in [2.75, 3.05) is 58.2 Å². The van der Waals surface area contributed by atoms with Crippen LogP contribution in [0.15, 0.2) is 72.9 Å². The number of halogens is 2. The number of fused-ring (bicyclic) bond motifs is 2. The number of amides is 5. The quantitative estimate of drug-likeness (QED) is 0.0791. The van der Waals surface area contributed by atoms with Gasteiger partial charge >= 0.3 is 0 Å². The molecule has 16 heteroatoms. The molecule has 1 fully saturated rings. The predicted molar refractivity (Wildman–Crippen MR) is 223 cm³/mol. The number of hydrogen-bond acceptors (Lipinski definition) is 11. The molecule has 0 spiro atoms. The van der Waals surface area contributed by atoms with Crippen molar-refractivity contribution in [1.29, 1.82) is 0 Å². The highest BCUT2D eigenvalue weighted by Gasteiger charge is 2.46. The lowest BCUT2D eigenvalue weighted by atomic mass is 9.79. The number of benzene rings is 3. The van der Waals surface area contributed by atoms with Gasteiger partial charge in [-0.15, -0.1) is 0 Å². The van der Waals surface area contributed by atoms with Crippen LogP contribution in [0.3, 0.4) is 0 Å². The van der Waals surface area contributed by atoms with Gasteiger partial charge in [0.1, 0.15) is 36.6 Å². The number of aromatic nitrogens is 1. The first-order valence-electron chi connectivity index (χ1n) is 20.3. The third-order valence-electron chi connectivity index (χ3n) is 11.0. The molecule has 3 aromatic carbocycles. The van der Waals surface area contributed by atoms with E-state index in [2.05, 4.69) is 21.7 Å². The van der Waals surface area contributed by atoms with E-state index in [0.717, 1.165) is 46.2 Å². The molecule has 1 aliphatic carbocycles. The third kappa shape index (κ3) is 10.4. The van der Waals surface area contributed by atoms with E-state index in [1.165, 1.54) is 18.2 Å². The first kappa shape index (κ1) is 43.4. The number of nitrogens with one attached hydrogen (secondary N) is 2. The van der Waals surface area contributed by atoms with Crippen molar-refractivity contribution in [2.45, 2.75) is 45.1 Å². The largest absolute Gasteiger partial charge is 0.490 e. The number of pyridine rings is 1. The zero-order chi connectivity index (χ0) is 42.9. The molecule has 3 atom stereocenters. The van der Waals surface area contributed by atoms with Gasteiger partial charge in [0.15, 0.2) is 0 Å². The normalized spacial score (nSPS) is 18.1. The van der Waals surface area contributed by atoms with Gasteiger partial charge in [-0.2, -0.15) is 0 Å². The molecule has 0 radical (unpaired) electrons. The molecule has 320 valence electrons. The maximum absolute atomic E-state index is 14.0. The molecule has 0 bridgehead atoms. The molecule has 5 amide bonds. The smallest absolute Gasteiger partial charge is 0.266 e. The van der Waals surface area contributed by atoms with Crippen LogP contribution in [0, 0.1) is 17.7 Å². The summed E-state index contributed by atoms with van der Waals surface area (Å²) < 4.78 is 42.4. The van der Waals surface area contributed by atoms with Crippen LogP contribution in [0.2, 0.25) is 5.02 Å². The SMILES string of the molecule is C[C@@H](C(=O)Nc1ccc(Cl)c(OCCOCCOCCOCCOc2cccc3c2C(=O)N(C2CCC(=O)NC2=O)C3=O)c1)[C@@H]1CC=C(c2ccnc3ccc(F)cc23)CC1. The second-order valence-electron chi connectivity index (χ2n) is 14.9. The molecular weight excluding hydrogens is 811 g/mol. The van der Waals surface area contributed by atoms with E-state index in [1.807, 2.05) is 13.0 Å². The molecule has 1 saturated heterocycles. The van der Waals surface area contributed by atoms with Gasteiger partial charge in [-0.1, -0.05) is 30.7 Å². The highest BCUT2D eigenvalue weighted by atomic mass is 35.5. The fraction of sp³-hybridized carbons (Fsp3) is 0.378. The monoisotopic (exact) mass is 856 g/mol. The van der Waals surface area contributed by atoms with Crippen LogP contribution in [-0.4, -0.2) is 98.3 Å². The number of nitrogens with zero attached hydrogens (tertiary/aromatic N) is 2. The Bertz CT molecular complexity index is 2340. The lowest BCUT2D eigenvalue weighted by Gasteiger charge is -2.27. The summed E-state index contributed by atoms with van der Waals surface area (Å²) in [7, 11) is 0. The van der Waals surface area contributed by atoms with Gasteiger partial charge in [0.05, 0.1) is 61.3 Å². The van der Waals surface area contributed by atoms with Gasteiger partial charge < -0.3 is 29.0 Å². The standard InChI is InChI=1S/C45H46ClFN4O10/c1-27(28-5-7-29(8-6-28)32-15-16-48-36-12-9-30(47)25-34(32)36)42(53)49-31-10-11-35(46)39(26-31)61-24-22-59-20-18-57-17-19-58-21-23-60-38-4-2-3-33-41(38)45(56)51(44(33)55)37-13-14-40(52)50-43(37)54/h2-4,7,9-12,15-16,25-28,37H,5-6,8,13-14,17-24H2,1H3,(H,49,53)(H,50,52,54)/t27-,28-,37?/m1/s1. The van der Waals surface area contributed by atoms with Crippen molar-refractivity contribution < 1.29 is 52.0 Å². The van der Waals surface area contributed by atoms with Crippen molar-refractivity contribution in [3.8, 4) is 11.5 Å². The zero-order valence-corrected chi connectivity index (χ0v) is 34.3. The second-order valence-corrected chi connectivity index (χ2v) is 15.3. The molecule has 0 saturated carbocycles. The molecule has 1 unspecified atom stereocenters. The fourth-order valence-corrected chi connectivity index (χ4v) is 7.85. The number of imide groups is 2. The molecule has 3 heterocycles. The number of ether oxygens (including phenoxy) is 5. The van der Waals surface area contributed by atoms with Crippen LogP contribution in [0.5, 0.6) is 11.5 Å². The van der Waals surface area contributed by atoms with Crippen molar-refractivity contribution in [2.24, 2.45) is 11.8 Å². The first-order chi connectivity index (χ1) is 29.6. The fourth-order valence-electron chi connectivity index (χ4n) is 7.68. The predicted octanol–water partition coefficient (Wildman–Crippen LogP) is 6.39. The lowest BCUT2D eigenvalue weighted by Crippen LogP contribution is -2.54. The number of piperidine rings is 1. The molecule has 3 aliphatic rings. The summed E-state index contributed by atoms with van der Waals surface area (Å²) >= 11 is 6.38. The number of carbonyl (C=O) groups excluding carboxylic acids is 5. The number of hydrogen-bond donors (Lipinski definition) is 2. The highest BCUT2D eigenvalue weighted by molar-refractivity contribution is 6.32. The Morgan fingerprint density at radius 2 is 1.57 bits per heavy atom. The van der Waals surface area contributed by atoms with E-state index < -0.39 is 29.7 Å². The third-order valence-corrected chi connectivity index (χ3v) is 11.3. The van der Waals surface area contributed by atoms with Gasteiger partial charge in [0, 0.05) is 35.7 Å². The van der Waals surface area contributed by atoms with Gasteiger partial charge in [0.2, 0.25) is 17.7 Å². The minimum atomic E-state index is -1.06. The number of carbonyl (C=O) groups is 5. The minimum absolute atomic E-state index is 0.0362. The van der Waals surface area contributed by atoms with Crippen LogP contribution >= 0.6 is 11.6 Å². The molecule has 1 aromatic heterocycles. The van der Waals surface area contributed by atoms with Crippen LogP contribution < -0.4 is 20.1 Å². The second kappa shape index (κ2) is 20.2. The number of rotatable bonds is 19. The van der Waals surface area contributed by atoms with Crippen molar-refractivity contribution in [3.05, 3.63) is 100 Å². The van der Waals surface area contributed by atoms with Crippen molar-refractivity contribution in [1.82, 2.24) is 15.2 Å². The zero-order valence-electron chi connectivity index (χ0n) is 33.6. The van der Waals surface area contributed by atoms with Crippen molar-refractivity contribution in [3.63, 3.8) is 0 Å². The summed E-state index contributed by atoms with van der Waals surface area (Å²) in [6, 6.07) is 15.3. The average Bonchev–Trinajstić information content (AvgIpc) is 3.51. The van der Waals surface area contributed by atoms with Crippen LogP contribution in [-0.2, 0) is 28.6 Å². The molecule has 2 aliphatic heterocycles. The maximum atomic E-state index is 14.0. The van der Waals surface area contributed by atoms with E-state index in [9.17, 15) is 28.4 Å². The van der Waals surface area contributed by atoms with E-state index >= 15 is 0 Å². The maximum Gasteiger partial charge on any atom is 0.266 e. The molecule has 7 rings (SSSR count). The Labute approximate surface area is 356 Å². The van der Waals surface area contributed by atoms with Gasteiger partial charge in [-0.3, -0.25) is 39.2 Å². The summed E-state index contributed by atoms with van der Waals surface area (Å²) in [5.74, 6) is -2.21. The van der Waals surface area contributed by atoms with Gasteiger partial charge in [0.25, 0.3) is 11.8 Å². The number of allylic oxidation sites excluding steroid dienone is 2. The Morgan fingerprint density at radius 3 is 2.28 bits per heavy atom. The van der Waals surface area contributed by atoms with Crippen molar-refractivity contribution >= 4 is 63.3 Å². The van der Waals surface area contributed by atoms with E-state index in [-0.39, 0.29) is 86.3 Å². The summed E-state index contributed by atoms with van der Waals surface area (Å²) in [6.45, 7) is 4.00. The lowest BCUT2D eigenvalue weighted by molar-refractivity contribution is -0.136. The summed E-state index contributed by atoms with van der Waals surface area (Å²) in [4.78, 5) is 68.6. The van der Waals surface area contributed by atoms with E-state index in [1.54, 1.807) is 42.6 Å². The minimum Gasteiger partial charge on any atom is -0.490 e. The molecular formula is C45H46ClFN4O10. The Hall–Kier alpha value is -5.74. The van der Waals surface area contributed by atoms with Crippen LogP contribution in [0.25, 0.3) is 16.5 Å². The van der Waals surface area contributed by atoms with Crippen LogP contribution in [0.4, 0.5) is 10.1 Å². The summed E-state index contributed by atoms with van der Waals surface area (Å²) in [5.41, 5.74) is 3.67. The topological polar surface area (TPSA) is 172 Å². The molecule has 2 N–H and O–H groups in total. The van der Waals surface area contributed by atoms with Crippen LogP contribution in [0.1, 0.15) is 65.3 Å². The summed E-state index contributed by atoms with van der Waals surface area (Å²) in [5, 5.41) is 6.38. The molecule has 61 heavy (non-hydrogen) atoms. The van der Waals surface area contributed by atoms with E-state index in [4.69, 9.17) is 35.3 Å². The highest BCUT2D eigenvalue weighted by Crippen LogP contribution is 2.38. The average molecular weight is 857 g/mol. The van der Waals surface area contributed by atoms with E-state index in [0.29, 0.717) is 36.3 Å². The number of anilines is 1. The van der Waals surface area contributed by atoms with Gasteiger partial charge in [-0.05, 0) is 91.3 Å². The Morgan fingerprint density at radius 1 is 0.852 bits per heavy atom. The first-order valence-corrected chi connectivity index (χ1v) is 20.6. The Kier molecular flexibility index (Phi) is 14.4. The Balaban J connectivity index is 0.750. The molecule has 4 aromatic rings. The summed E-state index contributed by atoms with van der Waals surface area (Å²) in [6.07, 6.45) is 6.35. The molecule has 14 nitrogen and oxygen atoms in total.